The van der Waals surface area contributed by atoms with Gasteiger partial charge in [0, 0.05) is 6.61 Å². The molecular weight excluding hydrogens is 144 g/mol. The van der Waals surface area contributed by atoms with Crippen molar-refractivity contribution in [2.24, 2.45) is 0 Å². The van der Waals surface area contributed by atoms with Gasteiger partial charge in [-0.15, -0.1) is 0 Å². The summed E-state index contributed by atoms with van der Waals surface area (Å²) >= 11 is 0. The fraction of sp³-hybridized carbons (Fsp3) is 1.00. The number of hydrogen-bond donors (Lipinski definition) is 2. The van der Waals surface area contributed by atoms with Crippen LogP contribution in [0, 0.1) is 0 Å². The second-order valence-electron chi connectivity index (χ2n) is 2.54. The monoisotopic (exact) mass is 162 g/mol. The van der Waals surface area contributed by atoms with Crippen molar-refractivity contribution >= 4 is 0 Å². The van der Waals surface area contributed by atoms with Crippen molar-refractivity contribution in [2.45, 2.75) is 38.9 Å². The third-order valence-corrected chi connectivity index (χ3v) is 1.42. The minimum absolute atomic E-state index is 0.125. The van der Waals surface area contributed by atoms with Crippen molar-refractivity contribution < 1.29 is 14.9 Å². The number of ether oxygens (including phenoxy) is 1. The highest BCUT2D eigenvalue weighted by Gasteiger charge is 2.01. The topological polar surface area (TPSA) is 49.7 Å². The zero-order chi connectivity index (χ0) is 8.53. The molecule has 0 saturated carbocycles. The first-order chi connectivity index (χ1) is 5.31. The van der Waals surface area contributed by atoms with Crippen LogP contribution in [0.25, 0.3) is 0 Å². The van der Waals surface area contributed by atoms with Crippen molar-refractivity contribution in [3.05, 3.63) is 0 Å². The average Bonchev–Trinajstić information content (AvgIpc) is 2.01. The molecule has 0 fully saturated rings. The fourth-order valence-corrected chi connectivity index (χ4v) is 0.746. The highest BCUT2D eigenvalue weighted by molar-refractivity contribution is 4.42. The Labute approximate surface area is 68.0 Å². The minimum atomic E-state index is -0.638. The molecule has 2 N–H and O–H groups in total. The van der Waals surface area contributed by atoms with Crippen LogP contribution in [0.1, 0.15) is 32.6 Å². The van der Waals surface area contributed by atoms with E-state index in [0.29, 0.717) is 19.4 Å². The molecule has 0 aliphatic heterocycles. The van der Waals surface area contributed by atoms with E-state index >= 15 is 0 Å². The summed E-state index contributed by atoms with van der Waals surface area (Å²) in [4.78, 5) is 0. The van der Waals surface area contributed by atoms with Gasteiger partial charge >= 0.3 is 0 Å². The van der Waals surface area contributed by atoms with Crippen molar-refractivity contribution in [3.63, 3.8) is 0 Å². The Morgan fingerprint density at radius 3 is 2.64 bits per heavy atom. The number of aliphatic hydroxyl groups is 2. The summed E-state index contributed by atoms with van der Waals surface area (Å²) in [7, 11) is 0. The summed E-state index contributed by atoms with van der Waals surface area (Å²) < 4.78 is 4.98. The van der Waals surface area contributed by atoms with Gasteiger partial charge < -0.3 is 14.9 Å². The van der Waals surface area contributed by atoms with E-state index in [9.17, 15) is 0 Å². The highest BCUT2D eigenvalue weighted by atomic mass is 16.6. The number of rotatable bonds is 7. The van der Waals surface area contributed by atoms with Crippen LogP contribution in [0.15, 0.2) is 0 Å². The predicted molar refractivity (Wildman–Crippen MR) is 43.2 cm³/mol. The Hall–Kier alpha value is -0.120. The van der Waals surface area contributed by atoms with Gasteiger partial charge in [0.2, 0.25) is 0 Å². The molecule has 11 heavy (non-hydrogen) atoms. The molecule has 3 nitrogen and oxygen atoms in total. The molecule has 1 atom stereocenters. The van der Waals surface area contributed by atoms with Crippen LogP contribution in [0.5, 0.6) is 0 Å². The van der Waals surface area contributed by atoms with E-state index in [4.69, 9.17) is 14.9 Å². The molecule has 0 spiro atoms. The molecule has 0 bridgehead atoms. The Morgan fingerprint density at radius 1 is 1.36 bits per heavy atom. The first-order valence-electron chi connectivity index (χ1n) is 4.21. The van der Waals surface area contributed by atoms with Gasteiger partial charge in [0.05, 0.1) is 6.61 Å². The molecule has 0 aromatic carbocycles. The van der Waals surface area contributed by atoms with Gasteiger partial charge in [-0.25, -0.2) is 0 Å². The van der Waals surface area contributed by atoms with E-state index in [1.807, 2.05) is 0 Å². The highest BCUT2D eigenvalue weighted by Crippen LogP contribution is 2.01. The van der Waals surface area contributed by atoms with E-state index in [1.54, 1.807) is 0 Å². The summed E-state index contributed by atoms with van der Waals surface area (Å²) in [6.07, 6.45) is 2.72. The molecule has 1 unspecified atom stereocenters. The Kier molecular flexibility index (Phi) is 7.89. The van der Waals surface area contributed by atoms with E-state index in [1.165, 1.54) is 0 Å². The van der Waals surface area contributed by atoms with E-state index < -0.39 is 6.29 Å². The van der Waals surface area contributed by atoms with Crippen LogP contribution in [0.4, 0.5) is 0 Å². The zero-order valence-corrected chi connectivity index (χ0v) is 7.12. The average molecular weight is 162 g/mol. The van der Waals surface area contributed by atoms with Gasteiger partial charge in [-0.2, -0.15) is 0 Å². The zero-order valence-electron chi connectivity index (χ0n) is 7.12. The molecule has 0 saturated heterocycles. The second-order valence-corrected chi connectivity index (χ2v) is 2.54. The smallest absolute Gasteiger partial charge is 0.154 e. The van der Waals surface area contributed by atoms with E-state index in [2.05, 4.69) is 6.92 Å². The molecule has 0 heterocycles. The van der Waals surface area contributed by atoms with E-state index in [-0.39, 0.29) is 6.61 Å². The number of hydrogen-bond acceptors (Lipinski definition) is 3. The summed E-state index contributed by atoms with van der Waals surface area (Å²) in [6, 6.07) is 0. The first-order valence-corrected chi connectivity index (χ1v) is 4.21. The van der Waals surface area contributed by atoms with Crippen molar-refractivity contribution in [2.75, 3.05) is 13.2 Å². The Bertz CT molecular complexity index is 75.7. The Morgan fingerprint density at radius 2 is 2.09 bits per heavy atom. The van der Waals surface area contributed by atoms with Crippen molar-refractivity contribution in [3.8, 4) is 0 Å². The van der Waals surface area contributed by atoms with Gasteiger partial charge in [0.1, 0.15) is 0 Å². The predicted octanol–water partition coefficient (Wildman–Crippen LogP) is 0.894. The van der Waals surface area contributed by atoms with Gasteiger partial charge in [0.15, 0.2) is 6.29 Å². The molecule has 0 amide bonds. The van der Waals surface area contributed by atoms with Gasteiger partial charge in [-0.3, -0.25) is 0 Å². The van der Waals surface area contributed by atoms with Crippen LogP contribution >= 0.6 is 0 Å². The van der Waals surface area contributed by atoms with Crippen LogP contribution < -0.4 is 0 Å². The molecular formula is C8H18O3. The van der Waals surface area contributed by atoms with Gasteiger partial charge in [-0.1, -0.05) is 13.3 Å². The van der Waals surface area contributed by atoms with Crippen LogP contribution in [-0.4, -0.2) is 29.7 Å². The minimum Gasteiger partial charge on any atom is -0.396 e. The van der Waals surface area contributed by atoms with Crippen LogP contribution in [0.3, 0.4) is 0 Å². The maximum absolute atomic E-state index is 9.10. The van der Waals surface area contributed by atoms with Crippen molar-refractivity contribution in [1.82, 2.24) is 0 Å². The largest absolute Gasteiger partial charge is 0.396 e. The summed E-state index contributed by atoms with van der Waals surface area (Å²) in [5.41, 5.74) is 0. The number of aliphatic hydroxyl groups excluding tert-OH is 2. The lowest BCUT2D eigenvalue weighted by molar-refractivity contribution is -0.106. The fourth-order valence-electron chi connectivity index (χ4n) is 0.746. The molecule has 0 aliphatic rings. The lowest BCUT2D eigenvalue weighted by Crippen LogP contribution is -2.13. The molecule has 68 valence electrons. The summed E-state index contributed by atoms with van der Waals surface area (Å²) in [5.74, 6) is 0. The van der Waals surface area contributed by atoms with Gasteiger partial charge in [-0.05, 0) is 19.3 Å². The maximum Gasteiger partial charge on any atom is 0.154 e. The lowest BCUT2D eigenvalue weighted by atomic mass is 10.2. The molecule has 0 aliphatic carbocycles. The third kappa shape index (κ3) is 7.78. The summed E-state index contributed by atoms with van der Waals surface area (Å²) in [5, 5.41) is 17.5. The third-order valence-electron chi connectivity index (χ3n) is 1.42. The summed E-state index contributed by atoms with van der Waals surface area (Å²) in [6.45, 7) is 2.64. The van der Waals surface area contributed by atoms with Crippen LogP contribution in [-0.2, 0) is 4.74 Å². The normalized spacial score (nSPS) is 13.4. The van der Waals surface area contributed by atoms with Crippen molar-refractivity contribution in [1.29, 1.82) is 0 Å². The standard InChI is InChI=1S/C8H18O3/c1-2-3-5-8(10)11-7-4-6-9/h8-10H,2-7H2,1H3. The molecule has 0 aromatic heterocycles. The Balaban J connectivity index is 3.02. The lowest BCUT2D eigenvalue weighted by Gasteiger charge is -2.09. The molecule has 0 radical (unpaired) electrons. The van der Waals surface area contributed by atoms with E-state index in [0.717, 1.165) is 12.8 Å². The molecule has 0 aromatic rings. The number of unbranched alkanes of at least 4 members (excludes halogenated alkanes) is 1. The first kappa shape index (κ1) is 10.9. The van der Waals surface area contributed by atoms with Gasteiger partial charge in [0.25, 0.3) is 0 Å². The quantitative estimate of drug-likeness (QED) is 0.432. The van der Waals surface area contributed by atoms with Crippen LogP contribution in [0.2, 0.25) is 0 Å². The molecule has 0 rings (SSSR count). The SMILES string of the molecule is CCCCC(O)OCCCO. The maximum atomic E-state index is 9.10. The molecule has 3 heteroatoms. The second kappa shape index (κ2) is 7.98.